The van der Waals surface area contributed by atoms with Gasteiger partial charge in [0.2, 0.25) is 0 Å². The summed E-state index contributed by atoms with van der Waals surface area (Å²) in [5.74, 6) is 0. The van der Waals surface area contributed by atoms with Gasteiger partial charge in [-0.05, 0) is 19.3 Å². The minimum absolute atomic E-state index is 0.166. The Morgan fingerprint density at radius 1 is 1.28 bits per heavy atom. The smallest absolute Gasteiger partial charge is 0.412 e. The van der Waals surface area contributed by atoms with E-state index < -0.39 is 47.6 Å². The van der Waals surface area contributed by atoms with Gasteiger partial charge in [-0.3, -0.25) is 4.90 Å². The first kappa shape index (κ1) is 21.4. The molecule has 5 nitrogen and oxygen atoms in total. The van der Waals surface area contributed by atoms with Crippen molar-refractivity contribution in [1.82, 2.24) is 4.90 Å². The zero-order valence-electron chi connectivity index (χ0n) is 14.9. The molecule has 25 heavy (non-hydrogen) atoms. The monoisotopic (exact) mass is 368 g/mol. The van der Waals surface area contributed by atoms with E-state index in [4.69, 9.17) is 15.2 Å². The van der Waals surface area contributed by atoms with Gasteiger partial charge >= 0.3 is 6.09 Å². The van der Waals surface area contributed by atoms with Crippen molar-refractivity contribution < 1.29 is 31.8 Å². The Balaban J connectivity index is 3.18. The summed E-state index contributed by atoms with van der Waals surface area (Å²) < 4.78 is 61.2. The topological polar surface area (TPSA) is 64.8 Å². The average Bonchev–Trinajstić information content (AvgIpc) is 2.66. The van der Waals surface area contributed by atoms with Crippen LogP contribution in [0.1, 0.15) is 34.6 Å². The molecule has 2 N–H and O–H groups in total. The lowest BCUT2D eigenvalue weighted by Gasteiger charge is -2.46. The van der Waals surface area contributed by atoms with Gasteiger partial charge in [0, 0.05) is 12.2 Å². The van der Waals surface area contributed by atoms with Crippen LogP contribution < -0.4 is 5.73 Å². The minimum atomic E-state index is -2.00. The van der Waals surface area contributed by atoms with E-state index >= 15 is 0 Å². The lowest BCUT2D eigenvalue weighted by Crippen LogP contribution is -2.61. The third-order valence-electron chi connectivity index (χ3n) is 4.15. The molecule has 1 aliphatic heterocycles. The number of hydrogen-bond acceptors (Lipinski definition) is 4. The van der Waals surface area contributed by atoms with Gasteiger partial charge in [-0.2, -0.15) is 17.6 Å². The van der Waals surface area contributed by atoms with Crippen molar-refractivity contribution in [2.75, 3.05) is 13.2 Å². The Morgan fingerprint density at radius 3 is 2.28 bits per heavy atom. The second-order valence-electron chi connectivity index (χ2n) is 7.38. The van der Waals surface area contributed by atoms with Gasteiger partial charge in [0.05, 0.1) is 12.6 Å². The van der Waals surface area contributed by atoms with Crippen LogP contribution in [-0.2, 0) is 9.47 Å². The molecule has 9 heteroatoms. The maximum Gasteiger partial charge on any atom is 0.412 e. The maximum absolute atomic E-state index is 13.1. The molecule has 0 spiro atoms. The molecular formula is C16H24F4N2O3. The van der Waals surface area contributed by atoms with Crippen molar-refractivity contribution >= 4 is 6.09 Å². The number of carbonyl (C=O) groups excluding carboxylic acids is 1. The number of nitrogens with two attached hydrogens (primary N) is 1. The predicted octanol–water partition coefficient (Wildman–Crippen LogP) is 3.86. The molecule has 1 rings (SSSR count). The van der Waals surface area contributed by atoms with Crippen molar-refractivity contribution in [2.45, 2.75) is 51.9 Å². The molecule has 0 aliphatic carbocycles. The summed E-state index contributed by atoms with van der Waals surface area (Å²) in [4.78, 5) is 13.7. The number of ether oxygens (including phenoxy) is 2. The van der Waals surface area contributed by atoms with E-state index in [1.54, 1.807) is 20.8 Å². The maximum atomic E-state index is 13.1. The molecule has 2 atom stereocenters. The van der Waals surface area contributed by atoms with Crippen molar-refractivity contribution in [3.8, 4) is 0 Å². The van der Waals surface area contributed by atoms with Gasteiger partial charge in [-0.25, -0.2) is 4.79 Å². The summed E-state index contributed by atoms with van der Waals surface area (Å²) in [6, 6.07) is -1.21. The van der Waals surface area contributed by atoms with E-state index in [-0.39, 0.29) is 6.61 Å². The van der Waals surface area contributed by atoms with Gasteiger partial charge in [-0.1, -0.05) is 20.8 Å². The quantitative estimate of drug-likeness (QED) is 0.765. The molecule has 144 valence electrons. The van der Waals surface area contributed by atoms with Crippen LogP contribution in [0.5, 0.6) is 0 Å². The largest absolute Gasteiger partial charge is 0.447 e. The fourth-order valence-electron chi connectivity index (χ4n) is 2.78. The Labute approximate surface area is 144 Å². The zero-order valence-corrected chi connectivity index (χ0v) is 14.9. The van der Waals surface area contributed by atoms with Gasteiger partial charge in [0.25, 0.3) is 12.2 Å². The van der Waals surface area contributed by atoms with Crippen LogP contribution in [0, 0.1) is 5.41 Å². The summed E-state index contributed by atoms with van der Waals surface area (Å²) in [7, 11) is 0. The molecule has 0 aromatic rings. The standard InChI is InChI=1S/C16H24F4N2O3/c1-14(2,3)16(7-12(19)20)9-25-15(4,5)22(16)13(23)24-8-10(21)6-11(17)18/h6-7,10H,8-9,21H2,1-5H3/t10-,16+/m0/s1. The Morgan fingerprint density at radius 2 is 1.84 bits per heavy atom. The van der Waals surface area contributed by atoms with Crippen LogP contribution in [0.15, 0.2) is 24.3 Å². The van der Waals surface area contributed by atoms with Gasteiger partial charge in [0.15, 0.2) is 0 Å². The fraction of sp³-hybridized carbons (Fsp3) is 0.688. The number of halogens is 4. The molecule has 1 fully saturated rings. The van der Waals surface area contributed by atoms with E-state index in [1.165, 1.54) is 13.8 Å². The van der Waals surface area contributed by atoms with Crippen LogP contribution in [0.3, 0.4) is 0 Å². The summed E-state index contributed by atoms with van der Waals surface area (Å²) in [5, 5.41) is 0. The summed E-state index contributed by atoms with van der Waals surface area (Å²) in [6.07, 6.45) is -3.83. The molecule has 1 aliphatic rings. The van der Waals surface area contributed by atoms with E-state index in [1.807, 2.05) is 0 Å². The first-order valence-electron chi connectivity index (χ1n) is 7.66. The van der Waals surface area contributed by atoms with Crippen molar-refractivity contribution in [2.24, 2.45) is 11.1 Å². The Bertz CT molecular complexity index is 564. The second-order valence-corrected chi connectivity index (χ2v) is 7.38. The summed E-state index contributed by atoms with van der Waals surface area (Å²) in [5.41, 5.74) is 1.88. The highest BCUT2D eigenvalue weighted by molar-refractivity contribution is 5.71. The van der Waals surface area contributed by atoms with Crippen LogP contribution in [0.25, 0.3) is 0 Å². The van der Waals surface area contributed by atoms with Crippen molar-refractivity contribution in [3.63, 3.8) is 0 Å². The Hall–Kier alpha value is -1.61. The molecule has 0 unspecified atom stereocenters. The van der Waals surface area contributed by atoms with Gasteiger partial charge in [-0.15, -0.1) is 0 Å². The molecule has 1 saturated heterocycles. The third kappa shape index (κ3) is 4.72. The zero-order chi connectivity index (χ0) is 19.6. The second kappa shape index (κ2) is 7.33. The lowest BCUT2D eigenvalue weighted by atomic mass is 9.73. The third-order valence-corrected chi connectivity index (χ3v) is 4.15. The summed E-state index contributed by atoms with van der Waals surface area (Å²) in [6.45, 7) is 7.44. The molecule has 1 heterocycles. The lowest BCUT2D eigenvalue weighted by molar-refractivity contribution is -0.0586. The number of rotatable bonds is 4. The highest BCUT2D eigenvalue weighted by atomic mass is 19.3. The van der Waals surface area contributed by atoms with Gasteiger partial charge in [0.1, 0.15) is 17.9 Å². The number of nitrogens with zero attached hydrogens (tertiary/aromatic N) is 1. The molecule has 1 amide bonds. The first-order chi connectivity index (χ1) is 11.2. The molecule has 0 radical (unpaired) electrons. The van der Waals surface area contributed by atoms with Crippen LogP contribution in [-0.4, -0.2) is 41.5 Å². The van der Waals surface area contributed by atoms with E-state index in [9.17, 15) is 22.4 Å². The Kier molecular flexibility index (Phi) is 6.28. The molecular weight excluding hydrogens is 344 g/mol. The molecule has 0 aromatic carbocycles. The average molecular weight is 368 g/mol. The number of carbonyl (C=O) groups is 1. The van der Waals surface area contributed by atoms with E-state index in [0.29, 0.717) is 12.2 Å². The fourth-order valence-corrected chi connectivity index (χ4v) is 2.78. The minimum Gasteiger partial charge on any atom is -0.447 e. The normalized spacial score (nSPS) is 23.8. The summed E-state index contributed by atoms with van der Waals surface area (Å²) >= 11 is 0. The van der Waals surface area contributed by atoms with Crippen LogP contribution in [0.2, 0.25) is 0 Å². The number of amides is 1. The predicted molar refractivity (Wildman–Crippen MR) is 84.0 cm³/mol. The molecule has 0 saturated carbocycles. The SMILES string of the molecule is CC1(C)OC[C@](C=C(F)F)(C(C)(C)C)N1C(=O)OC[C@@H](N)C=C(F)F. The highest BCUT2D eigenvalue weighted by Gasteiger charge is 2.59. The van der Waals surface area contributed by atoms with Crippen LogP contribution in [0.4, 0.5) is 22.4 Å². The number of hydrogen-bond donors (Lipinski definition) is 1. The van der Waals surface area contributed by atoms with E-state index in [0.717, 1.165) is 4.90 Å². The van der Waals surface area contributed by atoms with E-state index in [2.05, 4.69) is 0 Å². The first-order valence-corrected chi connectivity index (χ1v) is 7.66. The van der Waals surface area contributed by atoms with Crippen LogP contribution >= 0.6 is 0 Å². The molecule has 0 aromatic heterocycles. The molecule has 0 bridgehead atoms. The van der Waals surface area contributed by atoms with Crippen molar-refractivity contribution in [3.05, 3.63) is 24.3 Å². The highest BCUT2D eigenvalue weighted by Crippen LogP contribution is 2.47. The van der Waals surface area contributed by atoms with Gasteiger partial charge < -0.3 is 15.2 Å². The van der Waals surface area contributed by atoms with Crippen molar-refractivity contribution in [1.29, 1.82) is 0 Å².